The molecule has 2 aromatic rings. The van der Waals surface area contributed by atoms with Gasteiger partial charge in [-0.2, -0.15) is 4.98 Å². The third kappa shape index (κ3) is 7.83. The predicted molar refractivity (Wildman–Crippen MR) is 144 cm³/mol. The van der Waals surface area contributed by atoms with Crippen LogP contribution in [0.25, 0.3) is 11.3 Å². The number of nitrogens with one attached hydrogen (secondary N) is 2. The van der Waals surface area contributed by atoms with Crippen LogP contribution < -0.4 is 10.6 Å². The summed E-state index contributed by atoms with van der Waals surface area (Å²) < 4.78 is 5.18. The number of aromatic nitrogens is 3. The second kappa shape index (κ2) is 13.3. The highest BCUT2D eigenvalue weighted by Gasteiger charge is 2.22. The minimum Gasteiger partial charge on any atom is -0.393 e. The number of rotatable bonds is 11. The first kappa shape index (κ1) is 26.7. The first-order valence-electron chi connectivity index (χ1n) is 13.4. The number of ether oxygens (including phenoxy) is 1. The number of likely N-dealkylation sites (N-methyl/N-ethyl adjacent to an activating group) is 1. The average Bonchev–Trinajstić information content (AvgIpc) is 2.88. The molecule has 2 fully saturated rings. The van der Waals surface area contributed by atoms with Gasteiger partial charge in [0.2, 0.25) is 5.95 Å². The maximum absolute atomic E-state index is 9.93. The molecule has 0 aromatic carbocycles. The molecule has 0 radical (unpaired) electrons. The van der Waals surface area contributed by atoms with Gasteiger partial charge in [-0.25, -0.2) is 4.98 Å². The number of aliphatic hydroxyl groups is 1. The van der Waals surface area contributed by atoms with Crippen molar-refractivity contribution in [2.45, 2.75) is 70.2 Å². The van der Waals surface area contributed by atoms with Crippen molar-refractivity contribution in [1.29, 1.82) is 0 Å². The number of pyridine rings is 1. The lowest BCUT2D eigenvalue weighted by molar-refractivity contribution is 0.126. The molecule has 1 saturated heterocycles. The Morgan fingerprint density at radius 2 is 1.86 bits per heavy atom. The summed E-state index contributed by atoms with van der Waals surface area (Å²) in [5, 5.41) is 17.0. The molecule has 0 unspecified atom stereocenters. The van der Waals surface area contributed by atoms with E-state index in [0.29, 0.717) is 5.95 Å². The topological polar surface area (TPSA) is 98.7 Å². The summed E-state index contributed by atoms with van der Waals surface area (Å²) in [7, 11) is 3.91. The van der Waals surface area contributed by atoms with Crippen molar-refractivity contribution < 1.29 is 9.84 Å². The van der Waals surface area contributed by atoms with Gasteiger partial charge >= 0.3 is 0 Å². The summed E-state index contributed by atoms with van der Waals surface area (Å²) >= 11 is 0. The molecule has 9 nitrogen and oxygen atoms in total. The van der Waals surface area contributed by atoms with Crippen molar-refractivity contribution in [3.05, 3.63) is 30.1 Å². The van der Waals surface area contributed by atoms with Crippen LogP contribution in [0.4, 0.5) is 11.8 Å². The zero-order chi connectivity index (χ0) is 25.3. The van der Waals surface area contributed by atoms with Crippen molar-refractivity contribution in [3.63, 3.8) is 0 Å². The second-order valence-electron chi connectivity index (χ2n) is 10.4. The smallest absolute Gasteiger partial charge is 0.224 e. The standard InChI is InChI=1S/C27H43N7O2/c1-20(5-4-16-36-3)30-27-29-18-24(26(32-27)31-22-7-9-23(35)10-8-22)25-11-6-21(17-28-25)19-34-14-12-33(2)13-15-34/h6,11,17-18,20,22-23,35H,4-5,7-10,12-16,19H2,1-3H3,(H2,29,30,31,32)/t20-,22-,23-/m0/s1. The van der Waals surface area contributed by atoms with E-state index in [0.717, 1.165) is 94.9 Å². The SMILES string of the molecule is COCCC[C@H](C)Nc1ncc(-c2ccc(CN3CCN(C)CC3)cn2)c(N[C@H]2CC[C@H](O)CC2)n1. The summed E-state index contributed by atoms with van der Waals surface area (Å²) in [6.07, 6.45) is 9.14. The van der Waals surface area contributed by atoms with Crippen molar-refractivity contribution in [1.82, 2.24) is 24.8 Å². The summed E-state index contributed by atoms with van der Waals surface area (Å²) in [6, 6.07) is 4.78. The van der Waals surface area contributed by atoms with Gasteiger partial charge in [-0.3, -0.25) is 9.88 Å². The lowest BCUT2D eigenvalue weighted by atomic mass is 9.93. The Bertz CT molecular complexity index is 926. The summed E-state index contributed by atoms with van der Waals surface area (Å²) in [4.78, 5) is 19.2. The molecular formula is C27H43N7O2. The Morgan fingerprint density at radius 1 is 1.08 bits per heavy atom. The molecule has 1 saturated carbocycles. The predicted octanol–water partition coefficient (Wildman–Crippen LogP) is 3.23. The van der Waals surface area contributed by atoms with Crippen LogP contribution in [0.2, 0.25) is 0 Å². The molecule has 3 heterocycles. The third-order valence-electron chi connectivity index (χ3n) is 7.29. The first-order valence-corrected chi connectivity index (χ1v) is 13.4. The lowest BCUT2D eigenvalue weighted by Crippen LogP contribution is -2.43. The zero-order valence-corrected chi connectivity index (χ0v) is 22.1. The highest BCUT2D eigenvalue weighted by Crippen LogP contribution is 2.29. The number of methoxy groups -OCH3 is 1. The summed E-state index contributed by atoms with van der Waals surface area (Å²) in [5.41, 5.74) is 3.00. The molecule has 0 spiro atoms. The number of piperazine rings is 1. The van der Waals surface area contributed by atoms with E-state index < -0.39 is 0 Å². The molecule has 1 aliphatic heterocycles. The number of aliphatic hydroxyl groups excluding tert-OH is 1. The van der Waals surface area contributed by atoms with Gasteiger partial charge in [0.05, 0.1) is 17.4 Å². The fourth-order valence-electron chi connectivity index (χ4n) is 4.93. The van der Waals surface area contributed by atoms with E-state index in [4.69, 9.17) is 14.7 Å². The third-order valence-corrected chi connectivity index (χ3v) is 7.29. The molecule has 1 aliphatic carbocycles. The molecule has 0 bridgehead atoms. The lowest BCUT2D eigenvalue weighted by Gasteiger charge is -2.32. The fraction of sp³-hybridized carbons (Fsp3) is 0.667. The van der Waals surface area contributed by atoms with Crippen molar-refractivity contribution >= 4 is 11.8 Å². The molecule has 36 heavy (non-hydrogen) atoms. The van der Waals surface area contributed by atoms with Crippen molar-refractivity contribution in [2.75, 3.05) is 57.6 Å². The van der Waals surface area contributed by atoms with E-state index in [2.05, 4.69) is 51.5 Å². The largest absolute Gasteiger partial charge is 0.393 e. The van der Waals surface area contributed by atoms with E-state index in [-0.39, 0.29) is 18.2 Å². The Balaban J connectivity index is 1.47. The number of nitrogens with zero attached hydrogens (tertiary/aromatic N) is 5. The van der Waals surface area contributed by atoms with Crippen molar-refractivity contribution in [3.8, 4) is 11.3 Å². The minimum atomic E-state index is -0.187. The quantitative estimate of drug-likeness (QED) is 0.404. The minimum absolute atomic E-state index is 0.187. The summed E-state index contributed by atoms with van der Waals surface area (Å²) in [5.74, 6) is 1.42. The highest BCUT2D eigenvalue weighted by atomic mass is 16.5. The van der Waals surface area contributed by atoms with Gasteiger partial charge in [-0.05, 0) is 64.1 Å². The molecule has 0 amide bonds. The molecule has 3 N–H and O–H groups in total. The van der Waals surface area contributed by atoms with Gasteiger partial charge in [0.1, 0.15) is 5.82 Å². The molecule has 198 valence electrons. The van der Waals surface area contributed by atoms with Crippen molar-refractivity contribution in [2.24, 2.45) is 0 Å². The molecular weight excluding hydrogens is 454 g/mol. The normalized spacial score (nSPS) is 22.3. The van der Waals surface area contributed by atoms with Crippen LogP contribution in [-0.4, -0.2) is 95.0 Å². The van der Waals surface area contributed by atoms with Gasteiger partial charge < -0.3 is 25.4 Å². The molecule has 4 rings (SSSR count). The molecule has 1 atom stereocenters. The fourth-order valence-corrected chi connectivity index (χ4v) is 4.93. The van der Waals surface area contributed by atoms with Crippen LogP contribution in [0.1, 0.15) is 51.0 Å². The number of anilines is 2. The van der Waals surface area contributed by atoms with Crippen LogP contribution in [0.3, 0.4) is 0 Å². The Labute approximate surface area is 215 Å². The number of hydrogen-bond acceptors (Lipinski definition) is 9. The van der Waals surface area contributed by atoms with Crippen LogP contribution in [0.5, 0.6) is 0 Å². The maximum Gasteiger partial charge on any atom is 0.224 e. The van der Waals surface area contributed by atoms with E-state index in [9.17, 15) is 5.11 Å². The Hall–Kier alpha value is -2.33. The zero-order valence-electron chi connectivity index (χ0n) is 22.1. The van der Waals surface area contributed by atoms with E-state index in [1.165, 1.54) is 5.56 Å². The van der Waals surface area contributed by atoms with Gasteiger partial charge in [0.15, 0.2) is 0 Å². The van der Waals surface area contributed by atoms with E-state index >= 15 is 0 Å². The van der Waals surface area contributed by atoms with E-state index in [1.54, 1.807) is 7.11 Å². The van der Waals surface area contributed by atoms with Gasteiger partial charge in [0.25, 0.3) is 0 Å². The maximum atomic E-state index is 9.93. The first-order chi connectivity index (χ1) is 17.5. The number of hydrogen-bond donors (Lipinski definition) is 3. The Kier molecular flexibility index (Phi) is 9.86. The monoisotopic (exact) mass is 497 g/mol. The highest BCUT2D eigenvalue weighted by molar-refractivity contribution is 5.73. The second-order valence-corrected chi connectivity index (χ2v) is 10.4. The Morgan fingerprint density at radius 3 is 2.56 bits per heavy atom. The summed E-state index contributed by atoms with van der Waals surface area (Å²) in [6.45, 7) is 8.23. The van der Waals surface area contributed by atoms with Gasteiger partial charge in [0, 0.05) is 70.9 Å². The average molecular weight is 498 g/mol. The van der Waals surface area contributed by atoms with Crippen LogP contribution in [0.15, 0.2) is 24.5 Å². The van der Waals surface area contributed by atoms with Crippen LogP contribution >= 0.6 is 0 Å². The van der Waals surface area contributed by atoms with Gasteiger partial charge in [-0.15, -0.1) is 0 Å². The van der Waals surface area contributed by atoms with Crippen LogP contribution in [-0.2, 0) is 11.3 Å². The van der Waals surface area contributed by atoms with Gasteiger partial charge in [-0.1, -0.05) is 6.07 Å². The molecule has 2 aliphatic rings. The van der Waals surface area contributed by atoms with Crippen LogP contribution in [0, 0.1) is 0 Å². The molecule has 2 aromatic heterocycles. The molecule has 9 heteroatoms. The van der Waals surface area contributed by atoms with E-state index in [1.807, 2.05) is 12.4 Å².